The molecule has 2 N–H and O–H groups in total. The van der Waals surface area contributed by atoms with E-state index in [0.29, 0.717) is 37.9 Å². The van der Waals surface area contributed by atoms with Gasteiger partial charge >= 0.3 is 0 Å². The summed E-state index contributed by atoms with van der Waals surface area (Å²) >= 11 is 0. The summed E-state index contributed by atoms with van der Waals surface area (Å²) in [5, 5.41) is 6.23. The molecule has 1 amide bonds. The van der Waals surface area contributed by atoms with Crippen LogP contribution in [0.1, 0.15) is 39.7 Å². The van der Waals surface area contributed by atoms with E-state index in [0.717, 1.165) is 11.3 Å². The molecule has 0 saturated carbocycles. The molecule has 0 spiro atoms. The molecule has 28 heavy (non-hydrogen) atoms. The Morgan fingerprint density at radius 2 is 2.04 bits per heavy atom. The molecule has 0 aliphatic carbocycles. The van der Waals surface area contributed by atoms with Crippen molar-refractivity contribution in [1.82, 2.24) is 10.2 Å². The lowest BCUT2D eigenvalue weighted by Crippen LogP contribution is -2.57. The summed E-state index contributed by atoms with van der Waals surface area (Å²) in [6.07, 6.45) is 0.489. The van der Waals surface area contributed by atoms with Crippen LogP contribution in [0.4, 0.5) is 5.69 Å². The maximum atomic E-state index is 12.2. The number of amides is 1. The van der Waals surface area contributed by atoms with Crippen molar-refractivity contribution in [2.45, 2.75) is 45.4 Å². The molecule has 2 rings (SSSR count). The molecule has 0 radical (unpaired) electrons. The van der Waals surface area contributed by atoms with Gasteiger partial charge in [-0.2, -0.15) is 0 Å². The van der Waals surface area contributed by atoms with Crippen LogP contribution in [0, 0.1) is 5.92 Å². The first-order chi connectivity index (χ1) is 13.0. The third-order valence-corrected chi connectivity index (χ3v) is 7.34. The van der Waals surface area contributed by atoms with Crippen LogP contribution in [0.15, 0.2) is 29.3 Å². The van der Waals surface area contributed by atoms with Crippen molar-refractivity contribution < 1.29 is 13.2 Å². The van der Waals surface area contributed by atoms with E-state index >= 15 is 0 Å². The fourth-order valence-corrected chi connectivity index (χ4v) is 4.55. The number of nitrogens with one attached hydrogen (secondary N) is 2. The number of sulfone groups is 1. The Morgan fingerprint density at radius 3 is 2.64 bits per heavy atom. The number of nitrogens with zero attached hydrogens (tertiary/aromatic N) is 2. The first-order valence-electron chi connectivity index (χ1n) is 9.61. The molecular formula is C20H32N4O3S. The first-order valence-corrected chi connectivity index (χ1v) is 11.3. The lowest BCUT2D eigenvalue weighted by Gasteiger charge is -2.39. The molecule has 156 valence electrons. The zero-order chi connectivity index (χ0) is 20.9. The standard InChI is InChI=1S/C20H32N4O3S/c1-15(2)11-18(25)23-17-8-6-7-16(12-17)13-22-19(21-5)24-9-10-28(26,27)20(3,4)14-24/h6-8,12,15H,9-11,13-14H2,1-5H3,(H,21,22)(H,23,25). The highest BCUT2D eigenvalue weighted by atomic mass is 32.2. The highest BCUT2D eigenvalue weighted by Crippen LogP contribution is 2.23. The maximum absolute atomic E-state index is 12.2. The minimum Gasteiger partial charge on any atom is -0.352 e. The molecule has 8 heteroatoms. The van der Waals surface area contributed by atoms with Gasteiger partial charge in [0.25, 0.3) is 0 Å². The van der Waals surface area contributed by atoms with Crippen molar-refractivity contribution in [3.8, 4) is 0 Å². The topological polar surface area (TPSA) is 90.9 Å². The minimum atomic E-state index is -3.09. The number of hydrogen-bond donors (Lipinski definition) is 2. The number of carbonyl (C=O) groups excluding carboxylic acids is 1. The van der Waals surface area contributed by atoms with Gasteiger partial charge < -0.3 is 15.5 Å². The fraction of sp³-hybridized carbons (Fsp3) is 0.600. The zero-order valence-corrected chi connectivity index (χ0v) is 18.3. The Labute approximate surface area is 168 Å². The minimum absolute atomic E-state index is 0.00711. The Balaban J connectivity index is 1.99. The van der Waals surface area contributed by atoms with Gasteiger partial charge in [-0.3, -0.25) is 9.79 Å². The monoisotopic (exact) mass is 408 g/mol. The zero-order valence-electron chi connectivity index (χ0n) is 17.4. The van der Waals surface area contributed by atoms with Crippen LogP contribution in [0.5, 0.6) is 0 Å². The molecule has 1 aliphatic heterocycles. The highest BCUT2D eigenvalue weighted by molar-refractivity contribution is 7.92. The molecule has 1 aliphatic rings. The maximum Gasteiger partial charge on any atom is 0.224 e. The van der Waals surface area contributed by atoms with Crippen molar-refractivity contribution in [3.05, 3.63) is 29.8 Å². The molecule has 1 fully saturated rings. The average molecular weight is 409 g/mol. The molecule has 0 bridgehead atoms. The van der Waals surface area contributed by atoms with Gasteiger partial charge in [-0.05, 0) is 37.5 Å². The normalized spacial score (nSPS) is 18.8. The van der Waals surface area contributed by atoms with Gasteiger partial charge in [0.1, 0.15) is 0 Å². The average Bonchev–Trinajstić information content (AvgIpc) is 2.58. The van der Waals surface area contributed by atoms with Gasteiger partial charge in [0.15, 0.2) is 15.8 Å². The summed E-state index contributed by atoms with van der Waals surface area (Å²) in [7, 11) is -1.40. The van der Waals surface area contributed by atoms with E-state index in [1.165, 1.54) is 0 Å². The van der Waals surface area contributed by atoms with Crippen LogP contribution >= 0.6 is 0 Å². The Kier molecular flexibility index (Phi) is 7.09. The third-order valence-electron chi connectivity index (χ3n) is 4.81. The summed E-state index contributed by atoms with van der Waals surface area (Å²) in [4.78, 5) is 18.3. The van der Waals surface area contributed by atoms with Gasteiger partial charge in [-0.15, -0.1) is 0 Å². The number of anilines is 1. The van der Waals surface area contributed by atoms with Crippen LogP contribution in [0.3, 0.4) is 0 Å². The summed E-state index contributed by atoms with van der Waals surface area (Å²) < 4.78 is 23.6. The molecule has 0 aromatic heterocycles. The SMILES string of the molecule is CN=C(NCc1cccc(NC(=O)CC(C)C)c1)N1CCS(=O)(=O)C(C)(C)C1. The summed E-state index contributed by atoms with van der Waals surface area (Å²) in [5.41, 5.74) is 1.78. The number of rotatable bonds is 5. The van der Waals surface area contributed by atoms with Crippen molar-refractivity contribution in [3.63, 3.8) is 0 Å². The second-order valence-electron chi connectivity index (χ2n) is 8.25. The molecule has 1 saturated heterocycles. The lowest BCUT2D eigenvalue weighted by atomic mass is 10.1. The molecule has 0 unspecified atom stereocenters. The fourth-order valence-electron chi connectivity index (χ4n) is 3.18. The van der Waals surface area contributed by atoms with Gasteiger partial charge in [-0.25, -0.2) is 8.42 Å². The van der Waals surface area contributed by atoms with Crippen molar-refractivity contribution in [1.29, 1.82) is 0 Å². The second-order valence-corrected chi connectivity index (χ2v) is 11.0. The number of guanidine groups is 1. The Bertz CT molecular complexity index is 832. The van der Waals surface area contributed by atoms with E-state index < -0.39 is 14.6 Å². The van der Waals surface area contributed by atoms with Gasteiger partial charge in [0.2, 0.25) is 5.91 Å². The van der Waals surface area contributed by atoms with Gasteiger partial charge in [0, 0.05) is 38.8 Å². The van der Waals surface area contributed by atoms with Crippen molar-refractivity contribution >= 4 is 27.4 Å². The summed E-state index contributed by atoms with van der Waals surface area (Å²) in [6.45, 7) is 8.90. The van der Waals surface area contributed by atoms with E-state index in [-0.39, 0.29) is 11.7 Å². The van der Waals surface area contributed by atoms with E-state index in [2.05, 4.69) is 15.6 Å². The Hall–Kier alpha value is -2.09. The highest BCUT2D eigenvalue weighted by Gasteiger charge is 2.40. The molecular weight excluding hydrogens is 376 g/mol. The van der Waals surface area contributed by atoms with Crippen LogP contribution in [0.2, 0.25) is 0 Å². The van der Waals surface area contributed by atoms with E-state index in [1.54, 1.807) is 20.9 Å². The number of benzene rings is 1. The third kappa shape index (κ3) is 5.70. The predicted octanol–water partition coefficient (Wildman–Crippen LogP) is 2.26. The largest absolute Gasteiger partial charge is 0.352 e. The number of carbonyl (C=O) groups is 1. The molecule has 0 atom stereocenters. The van der Waals surface area contributed by atoms with E-state index in [4.69, 9.17) is 0 Å². The molecule has 7 nitrogen and oxygen atoms in total. The Morgan fingerprint density at radius 1 is 1.32 bits per heavy atom. The smallest absolute Gasteiger partial charge is 0.224 e. The van der Waals surface area contributed by atoms with Gasteiger partial charge in [-0.1, -0.05) is 26.0 Å². The van der Waals surface area contributed by atoms with Crippen LogP contribution < -0.4 is 10.6 Å². The van der Waals surface area contributed by atoms with Crippen LogP contribution in [0.25, 0.3) is 0 Å². The predicted molar refractivity (Wildman–Crippen MR) is 114 cm³/mol. The first kappa shape index (κ1) is 22.2. The van der Waals surface area contributed by atoms with Crippen LogP contribution in [-0.4, -0.2) is 55.8 Å². The second kappa shape index (κ2) is 8.94. The number of aliphatic imine (C=N–C) groups is 1. The van der Waals surface area contributed by atoms with Crippen LogP contribution in [-0.2, 0) is 21.2 Å². The molecule has 1 heterocycles. The van der Waals surface area contributed by atoms with Gasteiger partial charge in [0.05, 0.1) is 10.5 Å². The molecule has 1 aromatic carbocycles. The quantitative estimate of drug-likeness (QED) is 0.576. The summed E-state index contributed by atoms with van der Waals surface area (Å²) in [6, 6.07) is 7.68. The molecule has 1 aromatic rings. The van der Waals surface area contributed by atoms with E-state index in [1.807, 2.05) is 43.0 Å². The van der Waals surface area contributed by atoms with E-state index in [9.17, 15) is 13.2 Å². The van der Waals surface area contributed by atoms with Crippen molar-refractivity contribution in [2.24, 2.45) is 10.9 Å². The van der Waals surface area contributed by atoms with Crippen molar-refractivity contribution in [2.75, 3.05) is 31.2 Å². The number of hydrogen-bond acceptors (Lipinski definition) is 4. The lowest BCUT2D eigenvalue weighted by molar-refractivity contribution is -0.116. The summed E-state index contributed by atoms with van der Waals surface area (Å²) in [5.74, 6) is 1.12.